The molecular formula is C25H34N6O4. The van der Waals surface area contributed by atoms with E-state index in [9.17, 15) is 4.79 Å². The largest absolute Gasteiger partial charge is 0.497 e. The normalized spacial score (nSPS) is 16.2. The van der Waals surface area contributed by atoms with Gasteiger partial charge in [-0.2, -0.15) is 4.98 Å². The molecule has 10 nitrogen and oxygen atoms in total. The molecule has 1 atom stereocenters. The first-order chi connectivity index (χ1) is 16.8. The van der Waals surface area contributed by atoms with E-state index in [-0.39, 0.29) is 6.23 Å². The maximum atomic E-state index is 11.8. The summed E-state index contributed by atoms with van der Waals surface area (Å²) >= 11 is 0. The number of rotatable bonds is 8. The van der Waals surface area contributed by atoms with E-state index in [4.69, 9.17) is 24.2 Å². The number of carbonyl (C=O) groups excluding carboxylic acids is 1. The van der Waals surface area contributed by atoms with E-state index in [1.807, 2.05) is 49.6 Å². The van der Waals surface area contributed by atoms with Crippen LogP contribution in [0.3, 0.4) is 0 Å². The summed E-state index contributed by atoms with van der Waals surface area (Å²) in [6.45, 7) is 7.30. The van der Waals surface area contributed by atoms with E-state index >= 15 is 0 Å². The minimum atomic E-state index is -0.519. The fourth-order valence-corrected chi connectivity index (χ4v) is 3.89. The van der Waals surface area contributed by atoms with Crippen LogP contribution >= 0.6 is 0 Å². The van der Waals surface area contributed by atoms with E-state index in [2.05, 4.69) is 15.6 Å². The Morgan fingerprint density at radius 1 is 1.17 bits per heavy atom. The Labute approximate surface area is 205 Å². The number of fused-ring (bicyclic) bond motifs is 1. The van der Waals surface area contributed by atoms with Crippen LogP contribution in [-0.4, -0.2) is 58.0 Å². The Morgan fingerprint density at radius 2 is 1.97 bits per heavy atom. The van der Waals surface area contributed by atoms with Crippen molar-refractivity contribution in [3.8, 4) is 17.0 Å². The lowest BCUT2D eigenvalue weighted by molar-refractivity contribution is -0.0298. The van der Waals surface area contributed by atoms with Gasteiger partial charge >= 0.3 is 6.09 Å². The zero-order valence-electron chi connectivity index (χ0n) is 20.8. The average molecular weight is 483 g/mol. The maximum absolute atomic E-state index is 11.8. The summed E-state index contributed by atoms with van der Waals surface area (Å²) in [6.07, 6.45) is 5.06. The topological polar surface area (TPSA) is 112 Å². The van der Waals surface area contributed by atoms with Gasteiger partial charge < -0.3 is 24.8 Å². The molecule has 0 saturated carbocycles. The summed E-state index contributed by atoms with van der Waals surface area (Å²) in [6, 6.07) is 7.73. The van der Waals surface area contributed by atoms with E-state index in [1.54, 1.807) is 13.4 Å². The Kier molecular flexibility index (Phi) is 7.70. The van der Waals surface area contributed by atoms with Crippen molar-refractivity contribution >= 4 is 23.2 Å². The number of hydrogen-bond donors (Lipinski definition) is 2. The van der Waals surface area contributed by atoms with E-state index in [0.29, 0.717) is 25.5 Å². The molecule has 35 heavy (non-hydrogen) atoms. The second-order valence-corrected chi connectivity index (χ2v) is 9.48. The molecule has 3 aromatic rings. The number of carbonyl (C=O) groups is 1. The highest BCUT2D eigenvalue weighted by Crippen LogP contribution is 2.31. The SMILES string of the molecule is COc1ccc(-c2nc(NCCCNC(=O)OC(C)(C)C)nc3c2ncn3C2CCCCO2)cc1. The number of benzene rings is 1. The molecule has 1 unspecified atom stereocenters. The van der Waals surface area contributed by atoms with Gasteiger partial charge in [-0.1, -0.05) is 0 Å². The molecule has 1 saturated heterocycles. The molecule has 188 valence electrons. The quantitative estimate of drug-likeness (QED) is 0.451. The van der Waals surface area contributed by atoms with E-state index < -0.39 is 11.7 Å². The Morgan fingerprint density at radius 3 is 2.66 bits per heavy atom. The molecule has 1 aliphatic rings. The molecule has 1 aromatic carbocycles. The van der Waals surface area contributed by atoms with Crippen molar-refractivity contribution in [1.29, 1.82) is 0 Å². The van der Waals surface area contributed by atoms with Gasteiger partial charge in [-0.05, 0) is 70.7 Å². The molecule has 0 bridgehead atoms. The van der Waals surface area contributed by atoms with Crippen molar-refractivity contribution in [2.24, 2.45) is 0 Å². The standard InChI is InChI=1S/C25H34N6O4/c1-25(2,3)35-24(32)27-14-7-13-26-23-29-20(17-9-11-18(33-4)12-10-17)21-22(30-23)31(16-28-21)19-8-5-6-15-34-19/h9-12,16,19H,5-8,13-15H2,1-4H3,(H,27,32)(H,26,29,30). The maximum Gasteiger partial charge on any atom is 0.407 e. The van der Waals surface area contributed by atoms with Crippen molar-refractivity contribution in [2.75, 3.05) is 32.1 Å². The van der Waals surface area contributed by atoms with Crippen LogP contribution in [0.15, 0.2) is 30.6 Å². The van der Waals surface area contributed by atoms with Crippen molar-refractivity contribution in [3.05, 3.63) is 30.6 Å². The van der Waals surface area contributed by atoms with Crippen molar-refractivity contribution in [3.63, 3.8) is 0 Å². The van der Waals surface area contributed by atoms with Crippen LogP contribution in [-0.2, 0) is 9.47 Å². The monoisotopic (exact) mass is 482 g/mol. The third-order valence-corrected chi connectivity index (χ3v) is 5.56. The second-order valence-electron chi connectivity index (χ2n) is 9.48. The molecule has 0 radical (unpaired) electrons. The van der Waals surface area contributed by atoms with Crippen molar-refractivity contribution < 1.29 is 19.0 Å². The summed E-state index contributed by atoms with van der Waals surface area (Å²) in [4.78, 5) is 26.0. The van der Waals surface area contributed by atoms with E-state index in [1.165, 1.54) is 0 Å². The van der Waals surface area contributed by atoms with Crippen molar-refractivity contribution in [2.45, 2.75) is 58.3 Å². The van der Waals surface area contributed by atoms with Gasteiger partial charge in [-0.15, -0.1) is 0 Å². The Hall–Kier alpha value is -3.40. The first-order valence-corrected chi connectivity index (χ1v) is 12.1. The fraction of sp³-hybridized carbons (Fsp3) is 0.520. The van der Waals surface area contributed by atoms with Gasteiger partial charge in [0.15, 0.2) is 5.65 Å². The van der Waals surface area contributed by atoms with E-state index in [0.717, 1.165) is 54.0 Å². The average Bonchev–Trinajstić information content (AvgIpc) is 3.27. The molecule has 4 rings (SSSR count). The highest BCUT2D eigenvalue weighted by molar-refractivity contribution is 5.88. The van der Waals surface area contributed by atoms with Gasteiger partial charge in [0.25, 0.3) is 0 Å². The number of nitrogens with zero attached hydrogens (tertiary/aromatic N) is 4. The molecule has 0 aliphatic carbocycles. The number of anilines is 1. The summed E-state index contributed by atoms with van der Waals surface area (Å²) < 4.78 is 18.6. The predicted molar refractivity (Wildman–Crippen MR) is 133 cm³/mol. The first-order valence-electron chi connectivity index (χ1n) is 12.1. The first kappa shape index (κ1) is 24.7. The zero-order chi connectivity index (χ0) is 24.8. The molecule has 2 aromatic heterocycles. The fourth-order valence-electron chi connectivity index (χ4n) is 3.89. The number of imidazole rings is 1. The lowest BCUT2D eigenvalue weighted by Crippen LogP contribution is -2.33. The minimum Gasteiger partial charge on any atom is -0.497 e. The third kappa shape index (κ3) is 6.39. The van der Waals surface area contributed by atoms with Crippen LogP contribution in [0, 0.1) is 0 Å². The molecule has 1 fully saturated rings. The second kappa shape index (κ2) is 10.9. The molecule has 10 heteroatoms. The zero-order valence-corrected chi connectivity index (χ0v) is 20.8. The van der Waals surface area contributed by atoms with Gasteiger partial charge in [0, 0.05) is 25.3 Å². The number of alkyl carbamates (subject to hydrolysis) is 1. The van der Waals surface area contributed by atoms with Gasteiger partial charge in [0.1, 0.15) is 28.8 Å². The number of methoxy groups -OCH3 is 1. The number of hydrogen-bond acceptors (Lipinski definition) is 8. The Bertz CT molecular complexity index is 1130. The summed E-state index contributed by atoms with van der Waals surface area (Å²) in [7, 11) is 1.64. The van der Waals surface area contributed by atoms with Crippen LogP contribution < -0.4 is 15.4 Å². The summed E-state index contributed by atoms with van der Waals surface area (Å²) in [5.74, 6) is 1.27. The van der Waals surface area contributed by atoms with Gasteiger partial charge in [0.2, 0.25) is 5.95 Å². The smallest absolute Gasteiger partial charge is 0.407 e. The molecule has 2 N–H and O–H groups in total. The van der Waals surface area contributed by atoms with Gasteiger partial charge in [0.05, 0.1) is 13.4 Å². The van der Waals surface area contributed by atoms with Crippen LogP contribution in [0.25, 0.3) is 22.4 Å². The number of nitrogens with one attached hydrogen (secondary N) is 2. The van der Waals surface area contributed by atoms with Crippen molar-refractivity contribution in [1.82, 2.24) is 24.8 Å². The van der Waals surface area contributed by atoms with Gasteiger partial charge in [-0.25, -0.2) is 14.8 Å². The number of aromatic nitrogens is 4. The predicted octanol–water partition coefficient (Wildman–Crippen LogP) is 4.53. The lowest BCUT2D eigenvalue weighted by Gasteiger charge is -2.24. The van der Waals surface area contributed by atoms with Gasteiger partial charge in [-0.3, -0.25) is 4.57 Å². The molecule has 0 spiro atoms. The van der Waals surface area contributed by atoms with Crippen LogP contribution in [0.4, 0.5) is 10.7 Å². The number of ether oxygens (including phenoxy) is 3. The lowest BCUT2D eigenvalue weighted by atomic mass is 10.1. The summed E-state index contributed by atoms with van der Waals surface area (Å²) in [5.41, 5.74) is 2.59. The van der Waals surface area contributed by atoms with Crippen LogP contribution in [0.1, 0.15) is 52.7 Å². The minimum absolute atomic E-state index is 0.0850. The third-order valence-electron chi connectivity index (χ3n) is 5.56. The highest BCUT2D eigenvalue weighted by atomic mass is 16.6. The van der Waals surface area contributed by atoms with Crippen LogP contribution in [0.2, 0.25) is 0 Å². The van der Waals surface area contributed by atoms with Crippen LogP contribution in [0.5, 0.6) is 5.75 Å². The number of amides is 1. The molecule has 3 heterocycles. The molecule has 1 amide bonds. The highest BCUT2D eigenvalue weighted by Gasteiger charge is 2.22. The summed E-state index contributed by atoms with van der Waals surface area (Å²) in [5, 5.41) is 6.06. The molecule has 1 aliphatic heterocycles. The Balaban J connectivity index is 1.52. The molecular weight excluding hydrogens is 448 g/mol.